The van der Waals surface area contributed by atoms with Crippen LogP contribution in [0.3, 0.4) is 0 Å². The van der Waals surface area contributed by atoms with Gasteiger partial charge in [-0.1, -0.05) is 50.7 Å². The molecule has 1 aliphatic carbocycles. The molecule has 4 heteroatoms. The second-order valence-corrected chi connectivity index (χ2v) is 6.66. The monoisotopic (exact) mass is 290 g/mol. The third-order valence-corrected chi connectivity index (χ3v) is 4.49. The van der Waals surface area contributed by atoms with Gasteiger partial charge >= 0.3 is 0 Å². The molecule has 3 N–H and O–H groups in total. The van der Waals surface area contributed by atoms with Gasteiger partial charge in [0.05, 0.1) is 0 Å². The number of nitrogens with one attached hydrogen (secondary N) is 1. The van der Waals surface area contributed by atoms with Crippen LogP contribution in [0.15, 0.2) is 24.3 Å². The Hall–Kier alpha value is -1.42. The average Bonchev–Trinajstić information content (AvgIpc) is 2.76. The second-order valence-electron chi connectivity index (χ2n) is 6.22. The molecule has 20 heavy (non-hydrogen) atoms. The van der Waals surface area contributed by atoms with E-state index in [2.05, 4.69) is 19.2 Å². The molecule has 1 saturated carbocycles. The standard InChI is InChI=1S/C16H22N2OS/c1-16(2)8-4-7-13(16)15(19)18-10-11-5-3-6-12(9-11)14(17)20/h3,5-6,9,13H,4,7-8,10H2,1-2H3,(H2,17,20)(H,18,19). The lowest BCUT2D eigenvalue weighted by atomic mass is 9.81. The molecule has 0 aromatic heterocycles. The highest BCUT2D eigenvalue weighted by Crippen LogP contribution is 2.42. The molecule has 3 nitrogen and oxygen atoms in total. The summed E-state index contributed by atoms with van der Waals surface area (Å²) in [5.74, 6) is 0.287. The Bertz CT molecular complexity index is 525. The van der Waals surface area contributed by atoms with Gasteiger partial charge in [-0.25, -0.2) is 0 Å². The lowest BCUT2D eigenvalue weighted by Gasteiger charge is -2.25. The summed E-state index contributed by atoms with van der Waals surface area (Å²) in [5.41, 5.74) is 7.60. The summed E-state index contributed by atoms with van der Waals surface area (Å²) >= 11 is 4.97. The van der Waals surface area contributed by atoms with Gasteiger partial charge in [0, 0.05) is 18.0 Å². The molecule has 1 aromatic rings. The summed E-state index contributed by atoms with van der Waals surface area (Å²) in [4.78, 5) is 12.7. The van der Waals surface area contributed by atoms with E-state index in [1.807, 2.05) is 24.3 Å². The molecule has 0 aliphatic heterocycles. The highest BCUT2D eigenvalue weighted by atomic mass is 32.1. The number of benzene rings is 1. The van der Waals surface area contributed by atoms with E-state index in [4.69, 9.17) is 18.0 Å². The molecule has 108 valence electrons. The second kappa shape index (κ2) is 5.92. The van der Waals surface area contributed by atoms with Gasteiger partial charge in [-0.3, -0.25) is 4.79 Å². The lowest BCUT2D eigenvalue weighted by Crippen LogP contribution is -2.35. The summed E-state index contributed by atoms with van der Waals surface area (Å²) in [7, 11) is 0. The fourth-order valence-electron chi connectivity index (χ4n) is 2.96. The highest BCUT2D eigenvalue weighted by molar-refractivity contribution is 7.80. The van der Waals surface area contributed by atoms with Crippen molar-refractivity contribution in [1.29, 1.82) is 0 Å². The minimum atomic E-state index is 0.116. The smallest absolute Gasteiger partial charge is 0.223 e. The average molecular weight is 290 g/mol. The first kappa shape index (κ1) is 15.0. The number of carbonyl (C=O) groups excluding carboxylic acids is 1. The van der Waals surface area contributed by atoms with Crippen molar-refractivity contribution in [3.63, 3.8) is 0 Å². The van der Waals surface area contributed by atoms with Gasteiger partial charge in [0.1, 0.15) is 4.99 Å². The quantitative estimate of drug-likeness (QED) is 0.838. The van der Waals surface area contributed by atoms with E-state index in [1.54, 1.807) is 0 Å². The predicted octanol–water partition coefficient (Wildman–Crippen LogP) is 2.76. The SMILES string of the molecule is CC1(C)CCCC1C(=O)NCc1cccc(C(N)=S)c1. The van der Waals surface area contributed by atoms with Crippen molar-refractivity contribution >= 4 is 23.1 Å². The van der Waals surface area contributed by atoms with E-state index in [-0.39, 0.29) is 17.2 Å². The Labute approximate surface area is 125 Å². The van der Waals surface area contributed by atoms with Gasteiger partial charge in [-0.15, -0.1) is 0 Å². The van der Waals surface area contributed by atoms with Crippen molar-refractivity contribution < 1.29 is 4.79 Å². The number of nitrogens with two attached hydrogens (primary N) is 1. The number of carbonyl (C=O) groups is 1. The number of thiocarbonyl (C=S) groups is 1. The van der Waals surface area contributed by atoms with E-state index in [9.17, 15) is 4.79 Å². The Morgan fingerprint density at radius 1 is 1.50 bits per heavy atom. The maximum atomic E-state index is 12.3. The summed E-state index contributed by atoms with van der Waals surface area (Å²) in [6.07, 6.45) is 3.26. The summed E-state index contributed by atoms with van der Waals surface area (Å²) in [6.45, 7) is 4.89. The molecule has 2 rings (SSSR count). The van der Waals surface area contributed by atoms with Crippen LogP contribution in [0.5, 0.6) is 0 Å². The zero-order valence-corrected chi connectivity index (χ0v) is 12.9. The summed E-state index contributed by atoms with van der Waals surface area (Å²) in [6, 6.07) is 7.70. The van der Waals surface area contributed by atoms with Gasteiger partial charge in [0.15, 0.2) is 0 Å². The van der Waals surface area contributed by atoms with Crippen molar-refractivity contribution in [3.05, 3.63) is 35.4 Å². The lowest BCUT2D eigenvalue weighted by molar-refractivity contribution is -0.127. The molecule has 1 unspecified atom stereocenters. The fraction of sp³-hybridized carbons (Fsp3) is 0.500. The molecule has 1 atom stereocenters. The van der Waals surface area contributed by atoms with E-state index in [0.29, 0.717) is 11.5 Å². The van der Waals surface area contributed by atoms with Crippen molar-refractivity contribution in [1.82, 2.24) is 5.32 Å². The third kappa shape index (κ3) is 3.37. The first-order valence-corrected chi connectivity index (χ1v) is 7.47. The van der Waals surface area contributed by atoms with Crippen molar-refractivity contribution in [2.24, 2.45) is 17.1 Å². The molecule has 0 heterocycles. The molecule has 0 radical (unpaired) electrons. The Kier molecular flexibility index (Phi) is 4.43. The highest BCUT2D eigenvalue weighted by Gasteiger charge is 2.38. The van der Waals surface area contributed by atoms with Crippen LogP contribution in [-0.2, 0) is 11.3 Å². The minimum Gasteiger partial charge on any atom is -0.389 e. The Morgan fingerprint density at radius 2 is 2.25 bits per heavy atom. The molecule has 1 aromatic carbocycles. The molecule has 0 saturated heterocycles. The molecule has 1 fully saturated rings. The molecule has 0 spiro atoms. The van der Waals surface area contributed by atoms with Crippen LogP contribution in [0, 0.1) is 11.3 Å². The zero-order chi connectivity index (χ0) is 14.8. The molecule has 0 bridgehead atoms. The Morgan fingerprint density at radius 3 is 2.85 bits per heavy atom. The van der Waals surface area contributed by atoms with E-state index in [1.165, 1.54) is 0 Å². The topological polar surface area (TPSA) is 55.1 Å². The molecular formula is C16H22N2OS. The first-order valence-electron chi connectivity index (χ1n) is 7.06. The molecular weight excluding hydrogens is 268 g/mol. The van der Waals surface area contributed by atoms with Gasteiger partial charge in [0.25, 0.3) is 0 Å². The van der Waals surface area contributed by atoms with Crippen LogP contribution < -0.4 is 11.1 Å². The normalized spacial score (nSPS) is 20.6. The number of hydrogen-bond donors (Lipinski definition) is 2. The molecule has 1 amide bonds. The number of rotatable bonds is 4. The summed E-state index contributed by atoms with van der Waals surface area (Å²) < 4.78 is 0. The van der Waals surface area contributed by atoms with Crippen LogP contribution in [0.4, 0.5) is 0 Å². The molecule has 1 aliphatic rings. The fourth-order valence-corrected chi connectivity index (χ4v) is 3.09. The van der Waals surface area contributed by atoms with Crippen LogP contribution in [0.2, 0.25) is 0 Å². The number of hydrogen-bond acceptors (Lipinski definition) is 2. The zero-order valence-electron chi connectivity index (χ0n) is 12.1. The van der Waals surface area contributed by atoms with E-state index in [0.717, 1.165) is 30.4 Å². The van der Waals surface area contributed by atoms with Gasteiger partial charge in [-0.2, -0.15) is 0 Å². The first-order chi connectivity index (χ1) is 9.40. The number of amides is 1. The van der Waals surface area contributed by atoms with Crippen LogP contribution in [0.25, 0.3) is 0 Å². The predicted molar refractivity (Wildman–Crippen MR) is 85.3 cm³/mol. The Balaban J connectivity index is 1.97. The summed E-state index contributed by atoms with van der Waals surface area (Å²) in [5, 5.41) is 3.04. The van der Waals surface area contributed by atoms with Crippen molar-refractivity contribution in [3.8, 4) is 0 Å². The minimum absolute atomic E-state index is 0.116. The largest absolute Gasteiger partial charge is 0.389 e. The van der Waals surface area contributed by atoms with Crippen LogP contribution in [-0.4, -0.2) is 10.9 Å². The van der Waals surface area contributed by atoms with Crippen LogP contribution in [0.1, 0.15) is 44.2 Å². The maximum Gasteiger partial charge on any atom is 0.223 e. The van der Waals surface area contributed by atoms with Gasteiger partial charge in [-0.05, 0) is 29.9 Å². The van der Waals surface area contributed by atoms with Gasteiger partial charge < -0.3 is 11.1 Å². The van der Waals surface area contributed by atoms with E-state index < -0.39 is 0 Å². The maximum absolute atomic E-state index is 12.3. The third-order valence-electron chi connectivity index (χ3n) is 4.25. The van der Waals surface area contributed by atoms with E-state index >= 15 is 0 Å². The van der Waals surface area contributed by atoms with Crippen molar-refractivity contribution in [2.75, 3.05) is 0 Å². The van der Waals surface area contributed by atoms with Gasteiger partial charge in [0.2, 0.25) is 5.91 Å². The van der Waals surface area contributed by atoms with Crippen LogP contribution >= 0.6 is 12.2 Å². The van der Waals surface area contributed by atoms with Crippen molar-refractivity contribution in [2.45, 2.75) is 39.7 Å².